The van der Waals surface area contributed by atoms with E-state index in [2.05, 4.69) is 15.9 Å². The predicted molar refractivity (Wildman–Crippen MR) is 87.9 cm³/mol. The van der Waals surface area contributed by atoms with Crippen molar-refractivity contribution in [3.8, 4) is 0 Å². The lowest BCUT2D eigenvalue weighted by molar-refractivity contribution is -0.139. The number of likely N-dealkylation sites (tertiary alicyclic amines) is 1. The molecule has 0 spiro atoms. The van der Waals surface area contributed by atoms with E-state index in [0.717, 1.165) is 0 Å². The van der Waals surface area contributed by atoms with Crippen LogP contribution in [0.2, 0.25) is 0 Å². The van der Waals surface area contributed by atoms with Crippen molar-refractivity contribution in [2.24, 2.45) is 0 Å². The van der Waals surface area contributed by atoms with Crippen molar-refractivity contribution in [3.63, 3.8) is 0 Å². The van der Waals surface area contributed by atoms with Gasteiger partial charge in [0.1, 0.15) is 5.82 Å². The highest BCUT2D eigenvalue weighted by Gasteiger charge is 2.28. The monoisotopic (exact) mass is 386 g/mol. The van der Waals surface area contributed by atoms with E-state index in [1.54, 1.807) is 11.0 Å². The Hall–Kier alpha value is -1.47. The zero-order chi connectivity index (χ0) is 17.0. The smallest absolute Gasteiger partial charge is 0.317 e. The molecule has 2 rings (SSSR count). The van der Waals surface area contributed by atoms with Gasteiger partial charge in [-0.15, -0.1) is 0 Å². The molecule has 0 unspecified atom stereocenters. The number of amides is 1. The maximum absolute atomic E-state index is 13.8. The number of hydrogen-bond acceptors (Lipinski definition) is 3. The summed E-state index contributed by atoms with van der Waals surface area (Å²) in [4.78, 5) is 26.9. The molecule has 1 heterocycles. The molecule has 0 atom stereocenters. The molecule has 1 aromatic carbocycles. The van der Waals surface area contributed by atoms with Gasteiger partial charge in [0.15, 0.2) is 0 Å². The first-order valence-electron chi connectivity index (χ1n) is 7.62. The second-order valence-electron chi connectivity index (χ2n) is 5.60. The van der Waals surface area contributed by atoms with E-state index >= 15 is 0 Å². The maximum Gasteiger partial charge on any atom is 0.317 e. The molecule has 0 aromatic heterocycles. The van der Waals surface area contributed by atoms with Crippen LogP contribution in [0.25, 0.3) is 0 Å². The van der Waals surface area contributed by atoms with E-state index in [9.17, 15) is 14.0 Å². The Morgan fingerprint density at radius 1 is 1.39 bits per heavy atom. The van der Waals surface area contributed by atoms with E-state index in [4.69, 9.17) is 5.11 Å². The van der Waals surface area contributed by atoms with Crippen LogP contribution in [0.15, 0.2) is 22.7 Å². The lowest BCUT2D eigenvalue weighted by Crippen LogP contribution is -2.48. The molecule has 0 aliphatic carbocycles. The summed E-state index contributed by atoms with van der Waals surface area (Å²) in [5.74, 6) is -1.69. The van der Waals surface area contributed by atoms with Gasteiger partial charge in [-0.3, -0.25) is 14.5 Å². The van der Waals surface area contributed by atoms with Crippen LogP contribution >= 0.6 is 15.9 Å². The molecule has 23 heavy (non-hydrogen) atoms. The highest BCUT2D eigenvalue weighted by molar-refractivity contribution is 9.10. The molecule has 0 saturated carbocycles. The van der Waals surface area contributed by atoms with Crippen molar-refractivity contribution in [1.29, 1.82) is 0 Å². The molecular weight excluding hydrogens is 367 g/mol. The normalized spacial score (nSPS) is 15.9. The summed E-state index contributed by atoms with van der Waals surface area (Å²) in [6.07, 6.45) is 1.39. The first kappa shape index (κ1) is 17.9. The molecule has 1 aliphatic rings. The van der Waals surface area contributed by atoms with Crippen LogP contribution in [0.1, 0.15) is 30.1 Å². The first-order valence-corrected chi connectivity index (χ1v) is 8.41. The standard InChI is InChI=1S/C16H20BrFN2O3/c1-2-19(10-15(21)22)12-5-7-20(8-6-12)16(23)13-9-11(17)3-4-14(13)18/h3-4,9,12H,2,5-8,10H2,1H3,(H,21,22). The minimum absolute atomic E-state index is 0.00930. The highest BCUT2D eigenvalue weighted by Crippen LogP contribution is 2.21. The van der Waals surface area contributed by atoms with Gasteiger partial charge in [-0.25, -0.2) is 4.39 Å². The Balaban J connectivity index is 1.99. The van der Waals surface area contributed by atoms with Gasteiger partial charge in [0.2, 0.25) is 0 Å². The largest absolute Gasteiger partial charge is 0.480 e. The number of carboxylic acids is 1. The van der Waals surface area contributed by atoms with Crippen molar-refractivity contribution < 1.29 is 19.1 Å². The lowest BCUT2D eigenvalue weighted by atomic mass is 10.0. The van der Waals surface area contributed by atoms with Crippen LogP contribution in [-0.2, 0) is 4.79 Å². The Morgan fingerprint density at radius 2 is 2.04 bits per heavy atom. The Labute approximate surface area is 143 Å². The maximum atomic E-state index is 13.8. The lowest BCUT2D eigenvalue weighted by Gasteiger charge is -2.37. The number of halogens is 2. The van der Waals surface area contributed by atoms with Gasteiger partial charge in [0.25, 0.3) is 5.91 Å². The van der Waals surface area contributed by atoms with Crippen LogP contribution < -0.4 is 0 Å². The number of nitrogens with zero attached hydrogens (tertiary/aromatic N) is 2. The summed E-state index contributed by atoms with van der Waals surface area (Å²) < 4.78 is 14.5. The number of rotatable bonds is 5. The molecule has 126 valence electrons. The second kappa shape index (κ2) is 7.88. The number of piperidine rings is 1. The SMILES string of the molecule is CCN(CC(=O)O)C1CCN(C(=O)c2cc(Br)ccc2F)CC1. The van der Waals surface area contributed by atoms with Crippen molar-refractivity contribution in [2.75, 3.05) is 26.2 Å². The zero-order valence-corrected chi connectivity index (χ0v) is 14.6. The average molecular weight is 387 g/mol. The Bertz CT molecular complexity index is 589. The molecule has 0 bridgehead atoms. The third-order valence-electron chi connectivity index (χ3n) is 4.17. The minimum Gasteiger partial charge on any atom is -0.480 e. The van der Waals surface area contributed by atoms with Crippen molar-refractivity contribution in [3.05, 3.63) is 34.1 Å². The number of carboxylic acid groups (broad SMARTS) is 1. The van der Waals surface area contributed by atoms with E-state index < -0.39 is 11.8 Å². The van der Waals surface area contributed by atoms with Crippen LogP contribution in [0.3, 0.4) is 0 Å². The van der Waals surface area contributed by atoms with Gasteiger partial charge in [-0.2, -0.15) is 0 Å². The predicted octanol–water partition coefficient (Wildman–Crippen LogP) is 2.60. The molecule has 0 radical (unpaired) electrons. The molecular formula is C16H20BrFN2O3. The number of benzene rings is 1. The van der Waals surface area contributed by atoms with Crippen LogP contribution in [0.4, 0.5) is 4.39 Å². The van der Waals surface area contributed by atoms with Crippen LogP contribution in [0.5, 0.6) is 0 Å². The Morgan fingerprint density at radius 3 is 2.61 bits per heavy atom. The molecule has 1 fully saturated rings. The third-order valence-corrected chi connectivity index (χ3v) is 4.66. The van der Waals surface area contributed by atoms with Gasteiger partial charge in [0.05, 0.1) is 12.1 Å². The number of carbonyl (C=O) groups is 2. The first-order chi connectivity index (χ1) is 10.9. The van der Waals surface area contributed by atoms with Crippen molar-refractivity contribution in [1.82, 2.24) is 9.80 Å². The molecule has 7 heteroatoms. The molecule has 1 amide bonds. The number of carbonyl (C=O) groups excluding carboxylic acids is 1. The fourth-order valence-electron chi connectivity index (χ4n) is 2.94. The molecule has 1 N–H and O–H groups in total. The van der Waals surface area contributed by atoms with E-state index in [0.29, 0.717) is 36.9 Å². The summed E-state index contributed by atoms with van der Waals surface area (Å²) in [6, 6.07) is 4.47. The van der Waals surface area contributed by atoms with E-state index in [1.165, 1.54) is 12.1 Å². The fourth-order valence-corrected chi connectivity index (χ4v) is 3.30. The van der Waals surface area contributed by atoms with Crippen molar-refractivity contribution >= 4 is 27.8 Å². The minimum atomic E-state index is -0.846. The van der Waals surface area contributed by atoms with Crippen molar-refractivity contribution in [2.45, 2.75) is 25.8 Å². The highest BCUT2D eigenvalue weighted by atomic mass is 79.9. The Kier molecular flexibility index (Phi) is 6.12. The quantitative estimate of drug-likeness (QED) is 0.844. The van der Waals surface area contributed by atoms with Gasteiger partial charge < -0.3 is 10.0 Å². The summed E-state index contributed by atoms with van der Waals surface area (Å²) >= 11 is 3.25. The number of hydrogen-bond donors (Lipinski definition) is 1. The summed E-state index contributed by atoms with van der Waals surface area (Å²) in [6.45, 7) is 3.61. The van der Waals surface area contributed by atoms with E-state index in [1.807, 2.05) is 11.8 Å². The molecule has 1 saturated heterocycles. The van der Waals surface area contributed by atoms with Crippen LogP contribution in [0, 0.1) is 5.82 Å². The molecule has 5 nitrogen and oxygen atoms in total. The van der Waals surface area contributed by atoms with E-state index in [-0.39, 0.29) is 24.1 Å². The topological polar surface area (TPSA) is 60.9 Å². The van der Waals surface area contributed by atoms with Gasteiger partial charge in [0, 0.05) is 23.6 Å². The fraction of sp³-hybridized carbons (Fsp3) is 0.500. The van der Waals surface area contributed by atoms with Gasteiger partial charge in [-0.1, -0.05) is 22.9 Å². The summed E-state index contributed by atoms with van der Waals surface area (Å²) in [7, 11) is 0. The van der Waals surface area contributed by atoms with Gasteiger partial charge >= 0.3 is 5.97 Å². The molecule has 1 aliphatic heterocycles. The summed E-state index contributed by atoms with van der Waals surface area (Å²) in [5, 5.41) is 8.94. The van der Waals surface area contributed by atoms with Gasteiger partial charge in [-0.05, 0) is 37.6 Å². The third kappa shape index (κ3) is 4.51. The van der Waals surface area contributed by atoms with Crippen LogP contribution in [-0.4, -0.2) is 59.0 Å². The number of aliphatic carboxylic acids is 1. The second-order valence-corrected chi connectivity index (χ2v) is 6.52. The zero-order valence-electron chi connectivity index (χ0n) is 13.0. The molecule has 1 aromatic rings. The average Bonchev–Trinajstić information content (AvgIpc) is 2.54. The number of likely N-dealkylation sites (N-methyl/N-ethyl adjacent to an activating group) is 1. The summed E-state index contributed by atoms with van der Waals surface area (Å²) in [5.41, 5.74) is 0.0655.